The Labute approximate surface area is 116 Å². The zero-order valence-corrected chi connectivity index (χ0v) is 11.6. The Balaban J connectivity index is 4.08. The Morgan fingerprint density at radius 2 is 1.89 bits per heavy atom. The van der Waals surface area contributed by atoms with Gasteiger partial charge >= 0.3 is 11.9 Å². The van der Waals surface area contributed by atoms with E-state index in [1.54, 1.807) is 11.8 Å². The Kier molecular flexibility index (Phi) is 9.60. The molecule has 0 rings (SSSR count). The summed E-state index contributed by atoms with van der Waals surface area (Å²) in [5, 5.41) is 19.5. The molecular weight excluding hydrogens is 270 g/mol. The van der Waals surface area contributed by atoms with Gasteiger partial charge in [-0.3, -0.25) is 4.79 Å². The van der Waals surface area contributed by atoms with Crippen molar-refractivity contribution in [3.05, 3.63) is 12.2 Å². The van der Waals surface area contributed by atoms with Crippen LogP contribution < -0.4 is 5.32 Å². The minimum atomic E-state index is -1.25. The molecule has 6 nitrogen and oxygen atoms in total. The zero-order chi connectivity index (χ0) is 14.7. The molecule has 0 aliphatic carbocycles. The fraction of sp³-hybridized carbons (Fsp3) is 0.583. The van der Waals surface area contributed by atoms with E-state index in [2.05, 4.69) is 12.2 Å². The Morgan fingerprint density at radius 1 is 1.21 bits per heavy atom. The molecule has 0 saturated carbocycles. The van der Waals surface area contributed by atoms with Crippen LogP contribution in [-0.4, -0.2) is 45.6 Å². The lowest BCUT2D eigenvalue weighted by atomic mass is 10.2. The van der Waals surface area contributed by atoms with Gasteiger partial charge in [-0.1, -0.05) is 13.3 Å². The summed E-state index contributed by atoms with van der Waals surface area (Å²) in [6.07, 6.45) is 3.96. The van der Waals surface area contributed by atoms with Crippen LogP contribution in [-0.2, 0) is 14.4 Å². The van der Waals surface area contributed by atoms with Crippen molar-refractivity contribution in [2.45, 2.75) is 32.2 Å². The molecule has 1 atom stereocenters. The van der Waals surface area contributed by atoms with E-state index in [1.807, 2.05) is 0 Å². The van der Waals surface area contributed by atoms with Crippen molar-refractivity contribution in [2.24, 2.45) is 0 Å². The number of unbranched alkanes of at least 4 members (excludes halogenated alkanes) is 1. The predicted octanol–water partition coefficient (Wildman–Crippen LogP) is 1.12. The molecule has 0 aliphatic rings. The van der Waals surface area contributed by atoms with Gasteiger partial charge in [0.1, 0.15) is 6.04 Å². The number of hydrogen-bond donors (Lipinski definition) is 3. The number of thioether (sulfide) groups is 1. The van der Waals surface area contributed by atoms with Gasteiger partial charge in [0.15, 0.2) is 0 Å². The molecule has 0 saturated heterocycles. The van der Waals surface area contributed by atoms with E-state index in [-0.39, 0.29) is 0 Å². The molecule has 0 aromatic carbocycles. The summed E-state index contributed by atoms with van der Waals surface area (Å²) in [6.45, 7) is 2.08. The minimum Gasteiger partial charge on any atom is -0.480 e. The Bertz CT molecular complexity index is 343. The van der Waals surface area contributed by atoms with E-state index in [9.17, 15) is 14.4 Å². The molecule has 1 unspecified atom stereocenters. The van der Waals surface area contributed by atoms with Gasteiger partial charge < -0.3 is 15.5 Å². The number of rotatable bonds is 10. The lowest BCUT2D eigenvalue weighted by Gasteiger charge is -2.12. The molecule has 0 spiro atoms. The first kappa shape index (κ1) is 17.5. The summed E-state index contributed by atoms with van der Waals surface area (Å²) in [6, 6.07) is -0.986. The summed E-state index contributed by atoms with van der Waals surface area (Å²) < 4.78 is 0. The van der Waals surface area contributed by atoms with Gasteiger partial charge in [-0.05, 0) is 24.3 Å². The Morgan fingerprint density at radius 3 is 2.42 bits per heavy atom. The van der Waals surface area contributed by atoms with Crippen LogP contribution in [0.5, 0.6) is 0 Å². The fourth-order valence-electron chi connectivity index (χ4n) is 1.17. The molecule has 0 bridgehead atoms. The fourth-order valence-corrected chi connectivity index (χ4v) is 2.27. The summed E-state index contributed by atoms with van der Waals surface area (Å²) in [5.41, 5.74) is 0. The van der Waals surface area contributed by atoms with Crippen LogP contribution in [0, 0.1) is 0 Å². The molecule has 0 aromatic rings. The van der Waals surface area contributed by atoms with Crippen molar-refractivity contribution in [3.8, 4) is 0 Å². The van der Waals surface area contributed by atoms with E-state index in [4.69, 9.17) is 10.2 Å². The molecule has 0 radical (unpaired) electrons. The van der Waals surface area contributed by atoms with E-state index in [0.717, 1.165) is 24.7 Å². The number of carboxylic acids is 2. The second-order valence-electron chi connectivity index (χ2n) is 3.83. The second-order valence-corrected chi connectivity index (χ2v) is 5.05. The van der Waals surface area contributed by atoms with Gasteiger partial charge in [0.2, 0.25) is 5.91 Å². The maximum absolute atomic E-state index is 11.3. The highest BCUT2D eigenvalue weighted by Gasteiger charge is 2.18. The molecule has 7 heteroatoms. The average molecular weight is 289 g/mol. The number of carbonyl (C=O) groups excluding carboxylic acids is 1. The second kappa shape index (κ2) is 10.4. The van der Waals surface area contributed by atoms with Crippen molar-refractivity contribution in [1.82, 2.24) is 5.32 Å². The standard InChI is InChI=1S/C12H19NO5S/c1-2-3-7-19-8-6-9(12(17)18)13-10(14)4-5-11(15)16/h4-5,9H,2-3,6-8H2,1H3,(H,13,14)(H,15,16)(H,17,18)/b5-4+. The highest BCUT2D eigenvalue weighted by Crippen LogP contribution is 2.08. The van der Waals surface area contributed by atoms with Crippen molar-refractivity contribution in [3.63, 3.8) is 0 Å². The first-order valence-electron chi connectivity index (χ1n) is 5.99. The van der Waals surface area contributed by atoms with Crippen LogP contribution >= 0.6 is 11.8 Å². The molecule has 1 amide bonds. The zero-order valence-electron chi connectivity index (χ0n) is 10.8. The number of nitrogens with one attached hydrogen (secondary N) is 1. The number of carbonyl (C=O) groups is 3. The smallest absolute Gasteiger partial charge is 0.328 e. The highest BCUT2D eigenvalue weighted by molar-refractivity contribution is 7.99. The lowest BCUT2D eigenvalue weighted by molar-refractivity contribution is -0.141. The quantitative estimate of drug-likeness (QED) is 0.411. The third kappa shape index (κ3) is 10.1. The van der Waals surface area contributed by atoms with Crippen LogP contribution in [0.15, 0.2) is 12.2 Å². The molecule has 0 aromatic heterocycles. The molecule has 19 heavy (non-hydrogen) atoms. The van der Waals surface area contributed by atoms with Gasteiger partial charge in [-0.25, -0.2) is 9.59 Å². The van der Waals surface area contributed by atoms with Crippen LogP contribution in [0.25, 0.3) is 0 Å². The van der Waals surface area contributed by atoms with Crippen molar-refractivity contribution < 1.29 is 24.6 Å². The number of hydrogen-bond acceptors (Lipinski definition) is 4. The first-order valence-corrected chi connectivity index (χ1v) is 7.15. The molecule has 3 N–H and O–H groups in total. The van der Waals surface area contributed by atoms with Crippen LogP contribution in [0.4, 0.5) is 0 Å². The predicted molar refractivity (Wildman–Crippen MR) is 73.2 cm³/mol. The monoisotopic (exact) mass is 289 g/mol. The number of carboxylic acid groups (broad SMARTS) is 2. The third-order valence-electron chi connectivity index (χ3n) is 2.18. The molecule has 0 fully saturated rings. The maximum Gasteiger partial charge on any atom is 0.328 e. The summed E-state index contributed by atoms with van der Waals surface area (Å²) in [5.74, 6) is -1.48. The highest BCUT2D eigenvalue weighted by atomic mass is 32.2. The van der Waals surface area contributed by atoms with E-state index in [0.29, 0.717) is 18.2 Å². The average Bonchev–Trinajstić information content (AvgIpc) is 2.34. The van der Waals surface area contributed by atoms with Crippen molar-refractivity contribution in [1.29, 1.82) is 0 Å². The van der Waals surface area contributed by atoms with Gasteiger partial charge in [-0.2, -0.15) is 11.8 Å². The molecule has 0 heterocycles. The van der Waals surface area contributed by atoms with Crippen molar-refractivity contribution >= 4 is 29.6 Å². The van der Waals surface area contributed by atoms with Gasteiger partial charge in [0, 0.05) is 12.2 Å². The van der Waals surface area contributed by atoms with Gasteiger partial charge in [-0.15, -0.1) is 0 Å². The minimum absolute atomic E-state index is 0.316. The first-order chi connectivity index (χ1) is 8.97. The summed E-state index contributed by atoms with van der Waals surface area (Å²) >= 11 is 1.64. The summed E-state index contributed by atoms with van der Waals surface area (Å²) in [4.78, 5) is 32.4. The van der Waals surface area contributed by atoms with Crippen molar-refractivity contribution in [2.75, 3.05) is 11.5 Å². The van der Waals surface area contributed by atoms with Crippen LogP contribution in [0.2, 0.25) is 0 Å². The largest absolute Gasteiger partial charge is 0.480 e. The SMILES string of the molecule is CCCCSCCC(NC(=O)/C=C/C(=O)O)C(=O)O. The van der Waals surface area contributed by atoms with Gasteiger partial charge in [0.05, 0.1) is 0 Å². The number of amides is 1. The van der Waals surface area contributed by atoms with E-state index < -0.39 is 23.9 Å². The lowest BCUT2D eigenvalue weighted by Crippen LogP contribution is -2.40. The number of aliphatic carboxylic acids is 2. The van der Waals surface area contributed by atoms with Gasteiger partial charge in [0.25, 0.3) is 0 Å². The molecule has 0 aliphatic heterocycles. The maximum atomic E-state index is 11.3. The summed E-state index contributed by atoms with van der Waals surface area (Å²) in [7, 11) is 0. The molecule has 108 valence electrons. The molecular formula is C12H19NO5S. The topological polar surface area (TPSA) is 104 Å². The Hall–Kier alpha value is -1.50. The third-order valence-corrected chi connectivity index (χ3v) is 3.29. The normalized spacial score (nSPS) is 12.3. The van der Waals surface area contributed by atoms with Crippen LogP contribution in [0.1, 0.15) is 26.2 Å². The van der Waals surface area contributed by atoms with E-state index in [1.165, 1.54) is 0 Å². The van der Waals surface area contributed by atoms with Crippen LogP contribution in [0.3, 0.4) is 0 Å². The van der Waals surface area contributed by atoms with E-state index >= 15 is 0 Å².